The number of halogens is 1. The molecule has 0 saturated carbocycles. The molecule has 0 amide bonds. The summed E-state index contributed by atoms with van der Waals surface area (Å²) in [6.07, 6.45) is 3.27. The van der Waals surface area contributed by atoms with Gasteiger partial charge in [0, 0.05) is 29.4 Å². The van der Waals surface area contributed by atoms with Crippen molar-refractivity contribution in [3.63, 3.8) is 0 Å². The third-order valence-electron chi connectivity index (χ3n) is 4.66. The fourth-order valence-corrected chi connectivity index (χ4v) is 3.61. The quantitative estimate of drug-likeness (QED) is 0.536. The summed E-state index contributed by atoms with van der Waals surface area (Å²) in [6.45, 7) is 1.83. The molecule has 4 aromatic rings. The van der Waals surface area contributed by atoms with E-state index in [4.69, 9.17) is 26.8 Å². The summed E-state index contributed by atoms with van der Waals surface area (Å²) in [5.41, 5.74) is 7.60. The zero-order chi connectivity index (χ0) is 21.4. The largest absolute Gasteiger partial charge is 0.495 e. The van der Waals surface area contributed by atoms with Gasteiger partial charge in [-0.05, 0) is 30.7 Å². The molecule has 0 spiro atoms. The molecule has 0 atom stereocenters. The van der Waals surface area contributed by atoms with E-state index in [0.717, 1.165) is 16.5 Å². The molecule has 4 rings (SSSR count). The van der Waals surface area contributed by atoms with Gasteiger partial charge in [-0.3, -0.25) is 4.57 Å². The minimum atomic E-state index is -0.560. The van der Waals surface area contributed by atoms with E-state index in [1.54, 1.807) is 12.3 Å². The molecule has 0 aliphatic heterocycles. The number of benzene rings is 2. The Labute approximate surface area is 176 Å². The van der Waals surface area contributed by atoms with Gasteiger partial charge in [-0.2, -0.15) is 4.98 Å². The number of methoxy groups -OCH3 is 2. The van der Waals surface area contributed by atoms with Crippen LogP contribution in [0, 0.1) is 6.92 Å². The Balaban J connectivity index is 2.09. The third-order valence-corrected chi connectivity index (χ3v) is 5.04. The van der Waals surface area contributed by atoms with Crippen molar-refractivity contribution < 1.29 is 9.47 Å². The summed E-state index contributed by atoms with van der Waals surface area (Å²) >= 11 is 6.72. The highest BCUT2D eigenvalue weighted by Crippen LogP contribution is 2.45. The van der Waals surface area contributed by atoms with E-state index in [1.165, 1.54) is 31.0 Å². The molecule has 8 nitrogen and oxygen atoms in total. The van der Waals surface area contributed by atoms with E-state index in [-0.39, 0.29) is 5.82 Å². The number of hydrogen-bond donors (Lipinski definition) is 1. The molecule has 0 saturated heterocycles. The van der Waals surface area contributed by atoms with Crippen LogP contribution in [0.15, 0.2) is 47.5 Å². The molecule has 0 fully saturated rings. The predicted molar refractivity (Wildman–Crippen MR) is 116 cm³/mol. The summed E-state index contributed by atoms with van der Waals surface area (Å²) in [5.74, 6) is 1.59. The molecule has 9 heteroatoms. The normalized spacial score (nSPS) is 10.9. The van der Waals surface area contributed by atoms with E-state index in [0.29, 0.717) is 33.6 Å². The Morgan fingerprint density at radius 3 is 2.53 bits per heavy atom. The standard InChI is InChI=1S/C21H18ClN5O3/c1-11-24-10-13-8-12(4-5-14(13)25-11)18-19(22)15(29-2)9-16(30-3)20(18)27-7-6-17(23)26-21(27)28/h4-10H,1-3H3,(H2,23,26,28). The first-order valence-corrected chi connectivity index (χ1v) is 9.34. The van der Waals surface area contributed by atoms with E-state index < -0.39 is 5.69 Å². The highest BCUT2D eigenvalue weighted by atomic mass is 35.5. The number of aromatic nitrogens is 4. The topological polar surface area (TPSA) is 105 Å². The highest BCUT2D eigenvalue weighted by molar-refractivity contribution is 6.35. The number of aryl methyl sites for hydroxylation is 1. The number of nitrogens with two attached hydrogens (primary N) is 1. The molecule has 2 N–H and O–H groups in total. The first-order chi connectivity index (χ1) is 14.4. The number of ether oxygens (including phenoxy) is 2. The number of hydrogen-bond acceptors (Lipinski definition) is 7. The lowest BCUT2D eigenvalue weighted by Gasteiger charge is -2.19. The fourth-order valence-electron chi connectivity index (χ4n) is 3.28. The summed E-state index contributed by atoms with van der Waals surface area (Å²) in [7, 11) is 3.01. The van der Waals surface area contributed by atoms with Crippen LogP contribution in [-0.2, 0) is 0 Å². The molecular weight excluding hydrogens is 406 g/mol. The molecule has 0 bridgehead atoms. The smallest absolute Gasteiger partial charge is 0.354 e. The molecule has 2 heterocycles. The van der Waals surface area contributed by atoms with Crippen LogP contribution in [0.5, 0.6) is 11.5 Å². The second-order valence-electron chi connectivity index (χ2n) is 6.51. The zero-order valence-corrected chi connectivity index (χ0v) is 17.3. The van der Waals surface area contributed by atoms with Gasteiger partial charge in [0.25, 0.3) is 0 Å². The number of rotatable bonds is 4. The molecule has 0 unspecified atom stereocenters. The SMILES string of the molecule is COc1cc(OC)c(-n2ccc(N)nc2=O)c(-c2ccc3nc(C)ncc3c2)c1Cl. The first kappa shape index (κ1) is 19.7. The second-order valence-corrected chi connectivity index (χ2v) is 6.89. The lowest BCUT2D eigenvalue weighted by molar-refractivity contribution is 0.393. The van der Waals surface area contributed by atoms with Crippen molar-refractivity contribution in [2.45, 2.75) is 6.92 Å². The van der Waals surface area contributed by atoms with E-state index >= 15 is 0 Å². The molecule has 2 aromatic carbocycles. The van der Waals surface area contributed by atoms with Crippen LogP contribution in [0.2, 0.25) is 5.02 Å². The van der Waals surface area contributed by atoms with Gasteiger partial charge in [0.15, 0.2) is 0 Å². The van der Waals surface area contributed by atoms with Gasteiger partial charge in [0.2, 0.25) is 0 Å². The fraction of sp³-hybridized carbons (Fsp3) is 0.143. The highest BCUT2D eigenvalue weighted by Gasteiger charge is 2.22. The van der Waals surface area contributed by atoms with Gasteiger partial charge in [0.05, 0.1) is 24.8 Å². The molecular formula is C21H18ClN5O3. The predicted octanol–water partition coefficient (Wildman–Crippen LogP) is 3.40. The monoisotopic (exact) mass is 423 g/mol. The van der Waals surface area contributed by atoms with Crippen molar-refractivity contribution in [3.8, 4) is 28.3 Å². The second kappa shape index (κ2) is 7.64. The summed E-state index contributed by atoms with van der Waals surface area (Å²) in [4.78, 5) is 25.2. The summed E-state index contributed by atoms with van der Waals surface area (Å²) < 4.78 is 12.3. The van der Waals surface area contributed by atoms with Gasteiger partial charge < -0.3 is 15.2 Å². The molecule has 2 aromatic heterocycles. The van der Waals surface area contributed by atoms with Crippen molar-refractivity contribution in [1.82, 2.24) is 19.5 Å². The average molecular weight is 424 g/mol. The number of fused-ring (bicyclic) bond motifs is 1. The molecule has 0 aliphatic rings. The lowest BCUT2D eigenvalue weighted by Crippen LogP contribution is -2.22. The molecule has 152 valence electrons. The Morgan fingerprint density at radius 1 is 1.07 bits per heavy atom. The molecule has 0 radical (unpaired) electrons. The Hall–Kier alpha value is -3.65. The first-order valence-electron chi connectivity index (χ1n) is 8.96. The van der Waals surface area contributed by atoms with Crippen molar-refractivity contribution in [1.29, 1.82) is 0 Å². The number of nitrogens with zero attached hydrogens (tertiary/aromatic N) is 4. The van der Waals surface area contributed by atoms with Crippen LogP contribution < -0.4 is 20.9 Å². The average Bonchev–Trinajstić information content (AvgIpc) is 2.73. The Kier molecular flexibility index (Phi) is 5.01. The van der Waals surface area contributed by atoms with Gasteiger partial charge in [-0.25, -0.2) is 14.8 Å². The van der Waals surface area contributed by atoms with Crippen LogP contribution in [-0.4, -0.2) is 33.7 Å². The third kappa shape index (κ3) is 3.31. The number of nitrogen functional groups attached to an aromatic ring is 1. The van der Waals surface area contributed by atoms with Crippen molar-refractivity contribution in [2.75, 3.05) is 20.0 Å². The summed E-state index contributed by atoms with van der Waals surface area (Å²) in [5, 5.41) is 1.15. The van der Waals surface area contributed by atoms with Crippen LogP contribution in [0.1, 0.15) is 5.82 Å². The van der Waals surface area contributed by atoms with Gasteiger partial charge in [-0.15, -0.1) is 0 Å². The van der Waals surface area contributed by atoms with Crippen molar-refractivity contribution >= 4 is 28.3 Å². The van der Waals surface area contributed by atoms with Crippen LogP contribution in [0.4, 0.5) is 5.82 Å². The Morgan fingerprint density at radius 2 is 1.83 bits per heavy atom. The molecule has 30 heavy (non-hydrogen) atoms. The van der Waals surface area contributed by atoms with Crippen LogP contribution >= 0.6 is 11.6 Å². The lowest BCUT2D eigenvalue weighted by atomic mass is 10.00. The van der Waals surface area contributed by atoms with Gasteiger partial charge in [-0.1, -0.05) is 17.7 Å². The minimum Gasteiger partial charge on any atom is -0.495 e. The summed E-state index contributed by atoms with van der Waals surface area (Å²) in [6, 6.07) is 8.79. The maximum absolute atomic E-state index is 12.6. The van der Waals surface area contributed by atoms with Gasteiger partial charge in [0.1, 0.15) is 28.8 Å². The van der Waals surface area contributed by atoms with Crippen molar-refractivity contribution in [3.05, 3.63) is 64.1 Å². The van der Waals surface area contributed by atoms with E-state index in [1.807, 2.05) is 25.1 Å². The van der Waals surface area contributed by atoms with Gasteiger partial charge >= 0.3 is 5.69 Å². The maximum Gasteiger partial charge on any atom is 0.354 e. The maximum atomic E-state index is 12.6. The van der Waals surface area contributed by atoms with Crippen LogP contribution in [0.25, 0.3) is 27.7 Å². The van der Waals surface area contributed by atoms with E-state index in [9.17, 15) is 4.79 Å². The Bertz CT molecular complexity index is 1340. The van der Waals surface area contributed by atoms with E-state index in [2.05, 4.69) is 15.0 Å². The molecule has 0 aliphatic carbocycles. The van der Waals surface area contributed by atoms with Crippen LogP contribution in [0.3, 0.4) is 0 Å². The van der Waals surface area contributed by atoms with Crippen molar-refractivity contribution in [2.24, 2.45) is 0 Å². The number of anilines is 1. The zero-order valence-electron chi connectivity index (χ0n) is 16.5. The minimum absolute atomic E-state index is 0.120.